The Balaban J connectivity index is 1.34. The molecule has 3 N–H and O–H groups in total. The number of benzene rings is 2. The van der Waals surface area contributed by atoms with Crippen LogP contribution in [-0.4, -0.2) is 47.0 Å². The zero-order valence-electron chi connectivity index (χ0n) is 22.1. The quantitative estimate of drug-likeness (QED) is 0.277. The maximum absolute atomic E-state index is 14.8. The Morgan fingerprint density at radius 3 is 2.74 bits per heavy atom. The first-order chi connectivity index (χ1) is 19.0. The van der Waals surface area contributed by atoms with Crippen molar-refractivity contribution in [3.63, 3.8) is 0 Å². The normalized spacial score (nSPS) is 13.9. The zero-order chi connectivity index (χ0) is 27.4. The van der Waals surface area contributed by atoms with Crippen LogP contribution in [0.4, 0.5) is 20.3 Å². The number of aromatic nitrogens is 3. The van der Waals surface area contributed by atoms with Crippen molar-refractivity contribution in [3.8, 4) is 17.0 Å². The lowest BCUT2D eigenvalue weighted by atomic mass is 9.94. The number of fused-ring (bicyclic) bond motifs is 1. The molecule has 1 saturated heterocycles. The molecule has 2 aromatic carbocycles. The average molecular weight is 535 g/mol. The molecule has 10 heteroatoms. The van der Waals surface area contributed by atoms with Crippen LogP contribution in [0.15, 0.2) is 48.9 Å². The summed E-state index contributed by atoms with van der Waals surface area (Å²) in [6.45, 7) is 4.77. The predicted molar refractivity (Wildman–Crippen MR) is 147 cm³/mol. The van der Waals surface area contributed by atoms with Crippen LogP contribution in [0, 0.1) is 17.6 Å². The number of amides is 1. The van der Waals surface area contributed by atoms with Gasteiger partial charge in [-0.2, -0.15) is 4.39 Å². The van der Waals surface area contributed by atoms with E-state index >= 15 is 0 Å². The number of rotatable bonds is 9. The molecule has 4 aromatic rings. The van der Waals surface area contributed by atoms with E-state index < -0.39 is 11.6 Å². The van der Waals surface area contributed by atoms with Gasteiger partial charge < -0.3 is 20.7 Å². The summed E-state index contributed by atoms with van der Waals surface area (Å²) in [5, 5.41) is 9.71. The number of aryl methyl sites for hydroxylation is 1. The van der Waals surface area contributed by atoms with E-state index in [9.17, 15) is 13.6 Å². The minimum Gasteiger partial charge on any atom is -0.494 e. The highest BCUT2D eigenvalue weighted by Gasteiger charge is 2.20. The second-order valence-corrected chi connectivity index (χ2v) is 9.64. The summed E-state index contributed by atoms with van der Waals surface area (Å²) in [4.78, 5) is 21.7. The van der Waals surface area contributed by atoms with Gasteiger partial charge in [-0.05, 0) is 80.6 Å². The number of piperidine rings is 1. The number of hydrogen-bond donors (Lipinski definition) is 3. The molecule has 204 valence electrons. The molecule has 0 bridgehead atoms. The van der Waals surface area contributed by atoms with Crippen LogP contribution >= 0.6 is 0 Å². The maximum atomic E-state index is 14.8. The van der Waals surface area contributed by atoms with Gasteiger partial charge in [0.2, 0.25) is 5.82 Å². The number of ether oxygens (including phenoxy) is 1. The van der Waals surface area contributed by atoms with Gasteiger partial charge in [-0.25, -0.2) is 14.4 Å². The van der Waals surface area contributed by atoms with Crippen LogP contribution in [0.2, 0.25) is 0 Å². The van der Waals surface area contributed by atoms with Crippen molar-refractivity contribution in [2.24, 2.45) is 5.92 Å². The van der Waals surface area contributed by atoms with E-state index in [1.54, 1.807) is 16.8 Å². The third-order valence-corrected chi connectivity index (χ3v) is 7.26. The van der Waals surface area contributed by atoms with Gasteiger partial charge in [-0.3, -0.25) is 9.20 Å². The summed E-state index contributed by atoms with van der Waals surface area (Å²) in [6, 6.07) is 8.40. The summed E-state index contributed by atoms with van der Waals surface area (Å²) >= 11 is 0. The lowest BCUT2D eigenvalue weighted by molar-refractivity contribution is 0.0949. The first kappa shape index (κ1) is 26.6. The highest BCUT2D eigenvalue weighted by Crippen LogP contribution is 2.31. The molecule has 2 aromatic heterocycles. The number of hydrogen-bond acceptors (Lipinski definition) is 6. The fourth-order valence-electron chi connectivity index (χ4n) is 5.07. The molecule has 3 heterocycles. The van der Waals surface area contributed by atoms with E-state index in [1.165, 1.54) is 25.4 Å². The molecular weight excluding hydrogens is 502 g/mol. The number of nitrogens with one attached hydrogen (secondary N) is 3. The van der Waals surface area contributed by atoms with Crippen molar-refractivity contribution in [2.75, 3.05) is 32.1 Å². The summed E-state index contributed by atoms with van der Waals surface area (Å²) in [5.41, 5.74) is 3.18. The average Bonchev–Trinajstić information content (AvgIpc) is 3.40. The van der Waals surface area contributed by atoms with Gasteiger partial charge in [0.25, 0.3) is 5.91 Å². The number of nitrogens with zero attached hydrogens (tertiary/aromatic N) is 3. The number of halogens is 2. The second-order valence-electron chi connectivity index (χ2n) is 9.64. The third-order valence-electron chi connectivity index (χ3n) is 7.26. The van der Waals surface area contributed by atoms with Crippen molar-refractivity contribution in [3.05, 3.63) is 71.7 Å². The topological polar surface area (TPSA) is 92.6 Å². The Bertz CT molecular complexity index is 1480. The first-order valence-corrected chi connectivity index (χ1v) is 13.2. The summed E-state index contributed by atoms with van der Waals surface area (Å²) in [6.07, 6.45) is 8.65. The van der Waals surface area contributed by atoms with E-state index in [0.717, 1.165) is 43.6 Å². The molecule has 0 atom stereocenters. The SMILES string of the molecule is CCc1cc(Nc2nccn3c(-c4ccc(OC)c(F)c4F)cnc23)ccc1C(=O)NCCC1CCNCC1. The summed E-state index contributed by atoms with van der Waals surface area (Å²) in [7, 11) is 1.29. The second kappa shape index (κ2) is 11.8. The first-order valence-electron chi connectivity index (χ1n) is 13.2. The lowest BCUT2D eigenvalue weighted by Crippen LogP contribution is -2.31. The van der Waals surface area contributed by atoms with Gasteiger partial charge in [-0.1, -0.05) is 6.92 Å². The highest BCUT2D eigenvalue weighted by atomic mass is 19.2. The molecule has 0 radical (unpaired) electrons. The smallest absolute Gasteiger partial charge is 0.251 e. The molecule has 1 fully saturated rings. The monoisotopic (exact) mass is 534 g/mol. The van der Waals surface area contributed by atoms with Crippen LogP contribution in [0.5, 0.6) is 5.75 Å². The maximum Gasteiger partial charge on any atom is 0.251 e. The van der Waals surface area contributed by atoms with Gasteiger partial charge in [0.15, 0.2) is 23.0 Å². The Hall–Kier alpha value is -4.05. The molecule has 8 nitrogen and oxygen atoms in total. The van der Waals surface area contributed by atoms with E-state index in [4.69, 9.17) is 4.74 Å². The Morgan fingerprint density at radius 2 is 1.97 bits per heavy atom. The summed E-state index contributed by atoms with van der Waals surface area (Å²) < 4.78 is 35.7. The fourth-order valence-corrected chi connectivity index (χ4v) is 5.07. The molecule has 5 rings (SSSR count). The van der Waals surface area contributed by atoms with Crippen molar-refractivity contribution < 1.29 is 18.3 Å². The van der Waals surface area contributed by atoms with Gasteiger partial charge in [0, 0.05) is 35.8 Å². The molecule has 0 unspecified atom stereocenters. The molecule has 1 aliphatic heterocycles. The Morgan fingerprint density at radius 1 is 1.15 bits per heavy atom. The van der Waals surface area contributed by atoms with Gasteiger partial charge in [0.05, 0.1) is 19.0 Å². The van der Waals surface area contributed by atoms with Crippen molar-refractivity contribution in [1.29, 1.82) is 0 Å². The van der Waals surface area contributed by atoms with Crippen molar-refractivity contribution >= 4 is 23.1 Å². The zero-order valence-corrected chi connectivity index (χ0v) is 22.1. The minimum absolute atomic E-state index is 0.0572. The molecule has 0 saturated carbocycles. The standard InChI is InChI=1S/C29H32F2N6O2/c1-3-19-16-20(4-5-21(19)29(38)34-13-10-18-8-11-32-12-9-18)36-27-28-35-17-23(37(28)15-14-33-27)22-6-7-24(39-2)26(31)25(22)30/h4-7,14-18,32H,3,8-13H2,1-2H3,(H,33,36)(H,34,38). The number of carbonyl (C=O) groups is 1. The van der Waals surface area contributed by atoms with E-state index in [0.29, 0.717) is 41.6 Å². The molecule has 0 spiro atoms. The molecular formula is C29H32F2N6O2. The fraction of sp³-hybridized carbons (Fsp3) is 0.345. The predicted octanol–water partition coefficient (Wildman–Crippen LogP) is 5.11. The Kier molecular flexibility index (Phi) is 8.02. The number of imidazole rings is 1. The van der Waals surface area contributed by atoms with Gasteiger partial charge in [-0.15, -0.1) is 0 Å². The third kappa shape index (κ3) is 5.56. The highest BCUT2D eigenvalue weighted by molar-refractivity contribution is 5.96. The Labute approximate surface area is 225 Å². The molecule has 1 aliphatic rings. The van der Waals surface area contributed by atoms with E-state index in [2.05, 4.69) is 25.9 Å². The van der Waals surface area contributed by atoms with Crippen molar-refractivity contribution in [2.45, 2.75) is 32.6 Å². The van der Waals surface area contributed by atoms with Gasteiger partial charge >= 0.3 is 0 Å². The molecule has 39 heavy (non-hydrogen) atoms. The van der Waals surface area contributed by atoms with Gasteiger partial charge in [0.1, 0.15) is 0 Å². The summed E-state index contributed by atoms with van der Waals surface area (Å²) in [5.74, 6) is -1.21. The number of methoxy groups -OCH3 is 1. The number of anilines is 2. The molecule has 0 aliphatic carbocycles. The largest absolute Gasteiger partial charge is 0.494 e. The van der Waals surface area contributed by atoms with Crippen LogP contribution in [-0.2, 0) is 6.42 Å². The van der Waals surface area contributed by atoms with E-state index in [1.807, 2.05) is 25.1 Å². The molecule has 1 amide bonds. The number of carbonyl (C=O) groups excluding carboxylic acids is 1. The minimum atomic E-state index is -1.06. The van der Waals surface area contributed by atoms with E-state index in [-0.39, 0.29) is 17.2 Å². The van der Waals surface area contributed by atoms with Crippen LogP contribution in [0.1, 0.15) is 42.1 Å². The van der Waals surface area contributed by atoms with Crippen molar-refractivity contribution in [1.82, 2.24) is 25.0 Å². The van der Waals surface area contributed by atoms with Crippen LogP contribution in [0.3, 0.4) is 0 Å². The lowest BCUT2D eigenvalue weighted by Gasteiger charge is -2.22. The van der Waals surface area contributed by atoms with Crippen LogP contribution in [0.25, 0.3) is 16.9 Å². The van der Waals surface area contributed by atoms with Crippen LogP contribution < -0.4 is 20.7 Å².